The summed E-state index contributed by atoms with van der Waals surface area (Å²) in [6.45, 7) is 0.662. The summed E-state index contributed by atoms with van der Waals surface area (Å²) in [6.07, 6.45) is 4.41. The molecule has 0 unspecified atom stereocenters. The summed E-state index contributed by atoms with van der Waals surface area (Å²) < 4.78 is 5.61. The zero-order valence-electron chi connectivity index (χ0n) is 18.7. The van der Waals surface area contributed by atoms with Gasteiger partial charge in [0.2, 0.25) is 5.91 Å². The van der Waals surface area contributed by atoms with Crippen LogP contribution in [0.15, 0.2) is 60.7 Å². The molecule has 0 saturated heterocycles. The van der Waals surface area contributed by atoms with E-state index in [9.17, 15) is 14.4 Å². The van der Waals surface area contributed by atoms with Crippen molar-refractivity contribution >= 4 is 29.7 Å². The third-order valence-corrected chi connectivity index (χ3v) is 7.06. The number of ether oxygens (including phenoxy) is 1. The number of carboxylic acid groups (broad SMARTS) is 1. The average Bonchev–Trinajstić information content (AvgIpc) is 3.16. The van der Waals surface area contributed by atoms with E-state index in [2.05, 4.69) is 34.9 Å². The van der Waals surface area contributed by atoms with Gasteiger partial charge in [-0.25, -0.2) is 4.79 Å². The first-order valence-corrected chi connectivity index (χ1v) is 12.5. The number of carbonyl (C=O) groups is 3. The first kappa shape index (κ1) is 23.9. The Bertz CT molecular complexity index is 1040. The van der Waals surface area contributed by atoms with Crippen LogP contribution >= 0.6 is 11.8 Å². The Morgan fingerprint density at radius 2 is 1.71 bits per heavy atom. The Labute approximate surface area is 203 Å². The molecule has 0 spiro atoms. The van der Waals surface area contributed by atoms with E-state index >= 15 is 0 Å². The molecule has 0 bridgehead atoms. The molecule has 2 aliphatic rings. The van der Waals surface area contributed by atoms with Gasteiger partial charge in [0.05, 0.1) is 11.8 Å². The fraction of sp³-hybridized carbons (Fsp3) is 0.346. The molecule has 0 radical (unpaired) electrons. The highest BCUT2D eigenvalue weighted by Crippen LogP contribution is 2.44. The number of nitrogens with one attached hydrogen (secondary N) is 2. The number of aliphatic carboxylic acids is 1. The van der Waals surface area contributed by atoms with Crippen molar-refractivity contribution < 1.29 is 24.2 Å². The smallest absolute Gasteiger partial charge is 0.407 e. The van der Waals surface area contributed by atoms with Gasteiger partial charge in [0, 0.05) is 24.1 Å². The Morgan fingerprint density at radius 1 is 1.03 bits per heavy atom. The second-order valence-electron chi connectivity index (χ2n) is 8.41. The van der Waals surface area contributed by atoms with Crippen LogP contribution in [0.25, 0.3) is 11.1 Å². The SMILES string of the molecule is O=C(O)CSCCNC(=O)[C@@H]1CC=C[C@@H](NC(=O)OCC2c3ccccc3-c3ccccc32)C1. The van der Waals surface area contributed by atoms with Crippen molar-refractivity contribution in [2.45, 2.75) is 24.8 Å². The summed E-state index contributed by atoms with van der Waals surface area (Å²) in [4.78, 5) is 35.5. The lowest BCUT2D eigenvalue weighted by Gasteiger charge is -2.25. The normalized spacial score (nSPS) is 18.6. The quantitative estimate of drug-likeness (QED) is 0.373. The van der Waals surface area contributed by atoms with Crippen LogP contribution in [0, 0.1) is 5.92 Å². The zero-order chi connectivity index (χ0) is 23.9. The third kappa shape index (κ3) is 5.80. The van der Waals surface area contributed by atoms with E-state index in [1.54, 1.807) is 0 Å². The number of thioether (sulfide) groups is 1. The molecule has 2 aromatic rings. The third-order valence-electron chi connectivity index (χ3n) is 6.12. The number of allylic oxidation sites excluding steroid dienone is 1. The second-order valence-corrected chi connectivity index (χ2v) is 9.52. The summed E-state index contributed by atoms with van der Waals surface area (Å²) in [7, 11) is 0. The van der Waals surface area contributed by atoms with Gasteiger partial charge >= 0.3 is 12.1 Å². The van der Waals surface area contributed by atoms with Crippen molar-refractivity contribution in [3.8, 4) is 11.1 Å². The molecule has 4 rings (SSSR count). The molecule has 8 heteroatoms. The maximum Gasteiger partial charge on any atom is 0.407 e. The summed E-state index contributed by atoms with van der Waals surface area (Å²) in [6, 6.07) is 16.1. The lowest BCUT2D eigenvalue weighted by molar-refractivity contribution is -0.134. The van der Waals surface area contributed by atoms with Crippen LogP contribution in [0.3, 0.4) is 0 Å². The van der Waals surface area contributed by atoms with Crippen molar-refractivity contribution in [2.75, 3.05) is 24.7 Å². The van der Waals surface area contributed by atoms with Crippen LogP contribution in [0.5, 0.6) is 0 Å². The van der Waals surface area contributed by atoms with E-state index in [0.717, 1.165) is 11.1 Å². The molecule has 7 nitrogen and oxygen atoms in total. The van der Waals surface area contributed by atoms with E-state index in [4.69, 9.17) is 9.84 Å². The van der Waals surface area contributed by atoms with Gasteiger partial charge in [0.25, 0.3) is 0 Å². The molecule has 34 heavy (non-hydrogen) atoms. The zero-order valence-corrected chi connectivity index (χ0v) is 19.6. The Balaban J connectivity index is 1.25. The Kier molecular flexibility index (Phi) is 7.90. The van der Waals surface area contributed by atoms with Gasteiger partial charge in [-0.1, -0.05) is 60.7 Å². The first-order valence-electron chi connectivity index (χ1n) is 11.4. The maximum atomic E-state index is 12.5. The molecule has 2 aliphatic carbocycles. The standard InChI is InChI=1S/C26H28N2O5S/c29-24(30)16-34-13-12-27-25(31)17-6-5-7-18(14-17)28-26(32)33-15-23-21-10-3-1-8-19(21)20-9-2-4-11-22(20)23/h1-5,7-11,17-18,23H,6,12-16H2,(H,27,31)(H,28,32)(H,29,30)/t17-,18-/m1/s1. The van der Waals surface area contributed by atoms with Gasteiger partial charge in [-0.15, -0.1) is 11.8 Å². The van der Waals surface area contributed by atoms with Gasteiger partial charge in [-0.05, 0) is 35.1 Å². The van der Waals surface area contributed by atoms with Gasteiger partial charge in [0.1, 0.15) is 6.61 Å². The minimum absolute atomic E-state index is 0.00225. The minimum Gasteiger partial charge on any atom is -0.481 e. The number of carbonyl (C=O) groups excluding carboxylic acids is 2. The minimum atomic E-state index is -0.865. The van der Waals surface area contributed by atoms with Crippen LogP contribution in [0.4, 0.5) is 4.79 Å². The Hall–Kier alpha value is -3.26. The van der Waals surface area contributed by atoms with Crippen molar-refractivity contribution in [1.82, 2.24) is 10.6 Å². The number of fused-ring (bicyclic) bond motifs is 3. The highest BCUT2D eigenvalue weighted by Gasteiger charge is 2.30. The number of amides is 2. The highest BCUT2D eigenvalue weighted by molar-refractivity contribution is 7.99. The predicted molar refractivity (Wildman–Crippen MR) is 132 cm³/mol. The molecule has 2 atom stereocenters. The fourth-order valence-corrected chi connectivity index (χ4v) is 5.12. The number of rotatable bonds is 9. The van der Waals surface area contributed by atoms with E-state index < -0.39 is 12.1 Å². The molecule has 0 saturated carbocycles. The van der Waals surface area contributed by atoms with E-state index in [1.807, 2.05) is 36.4 Å². The van der Waals surface area contributed by atoms with Crippen LogP contribution in [0.2, 0.25) is 0 Å². The molecule has 2 aromatic carbocycles. The van der Waals surface area contributed by atoms with Crippen molar-refractivity contribution in [3.63, 3.8) is 0 Å². The van der Waals surface area contributed by atoms with Crippen molar-refractivity contribution in [3.05, 3.63) is 71.8 Å². The maximum absolute atomic E-state index is 12.5. The lowest BCUT2D eigenvalue weighted by Crippen LogP contribution is -2.41. The highest BCUT2D eigenvalue weighted by atomic mass is 32.2. The molecule has 3 N–H and O–H groups in total. The van der Waals surface area contributed by atoms with Gasteiger partial charge in [0.15, 0.2) is 0 Å². The van der Waals surface area contributed by atoms with Crippen LogP contribution < -0.4 is 10.6 Å². The Morgan fingerprint density at radius 3 is 2.38 bits per heavy atom. The lowest BCUT2D eigenvalue weighted by atomic mass is 9.90. The predicted octanol–water partition coefficient (Wildman–Crippen LogP) is 3.79. The molecular formula is C26H28N2O5S. The van der Waals surface area contributed by atoms with E-state index in [-0.39, 0.29) is 36.1 Å². The summed E-state index contributed by atoms with van der Waals surface area (Å²) >= 11 is 1.26. The summed E-state index contributed by atoms with van der Waals surface area (Å²) in [5.74, 6) is -0.627. The largest absolute Gasteiger partial charge is 0.481 e. The summed E-state index contributed by atoms with van der Waals surface area (Å²) in [5, 5.41) is 14.4. The van der Waals surface area contributed by atoms with Crippen LogP contribution in [-0.2, 0) is 14.3 Å². The van der Waals surface area contributed by atoms with Crippen molar-refractivity contribution in [2.24, 2.45) is 5.92 Å². The van der Waals surface area contributed by atoms with Gasteiger partial charge in [-0.2, -0.15) is 0 Å². The van der Waals surface area contributed by atoms with Gasteiger partial charge in [-0.3, -0.25) is 9.59 Å². The topological polar surface area (TPSA) is 105 Å². The van der Waals surface area contributed by atoms with Crippen molar-refractivity contribution in [1.29, 1.82) is 0 Å². The van der Waals surface area contributed by atoms with Crippen LogP contribution in [0.1, 0.15) is 29.9 Å². The molecule has 0 fully saturated rings. The van der Waals surface area contributed by atoms with Crippen LogP contribution in [-0.4, -0.2) is 53.8 Å². The number of hydrogen-bond donors (Lipinski definition) is 3. The average molecular weight is 481 g/mol. The molecule has 0 aliphatic heterocycles. The fourth-order valence-electron chi connectivity index (χ4n) is 4.55. The molecule has 178 valence electrons. The number of carboxylic acids is 1. The second kappa shape index (κ2) is 11.2. The van der Waals surface area contributed by atoms with Gasteiger partial charge < -0.3 is 20.5 Å². The van der Waals surface area contributed by atoms with E-state index in [1.165, 1.54) is 22.9 Å². The molecule has 2 amide bonds. The number of benzene rings is 2. The number of hydrogen-bond acceptors (Lipinski definition) is 5. The molecule has 0 heterocycles. The molecule has 0 aromatic heterocycles. The first-order chi connectivity index (χ1) is 16.5. The van der Waals surface area contributed by atoms with E-state index in [0.29, 0.717) is 25.1 Å². The summed E-state index contributed by atoms with van der Waals surface area (Å²) in [5.41, 5.74) is 4.68. The monoisotopic (exact) mass is 480 g/mol. The number of alkyl carbamates (subject to hydrolysis) is 1. The molecular weight excluding hydrogens is 452 g/mol.